The Morgan fingerprint density at radius 2 is 1.28 bits per heavy atom. The Kier molecular flexibility index (Phi) is 43.3. The van der Waals surface area contributed by atoms with E-state index in [0.717, 1.165) is 45.6 Å². The van der Waals surface area contributed by atoms with E-state index in [1.165, 1.54) is 51.9 Å². The monoisotopic (exact) mass is 744 g/mol. The first-order valence-electron chi connectivity index (χ1n) is 21.3. The van der Waals surface area contributed by atoms with Crippen molar-refractivity contribution in [1.82, 2.24) is 15.1 Å². The fourth-order valence-electron chi connectivity index (χ4n) is 5.39. The first-order valence-corrected chi connectivity index (χ1v) is 21.3. The van der Waals surface area contributed by atoms with Crippen LogP contribution in [0.4, 0.5) is 0 Å². The molecule has 0 aliphatic carbocycles. The first-order chi connectivity index (χ1) is 26.0. The zero-order valence-electron chi connectivity index (χ0n) is 38.6. The van der Waals surface area contributed by atoms with Crippen LogP contribution >= 0.6 is 0 Å². The van der Waals surface area contributed by atoms with Gasteiger partial charge in [-0.05, 0) is 88.3 Å². The Morgan fingerprint density at radius 3 is 1.69 bits per heavy atom. The molecular weight excluding hydrogens is 655 g/mol. The maximum atomic E-state index is 4.38. The zero-order valence-corrected chi connectivity index (χ0v) is 38.6. The molecule has 0 aromatic heterocycles. The van der Waals surface area contributed by atoms with Gasteiger partial charge in [-0.15, -0.1) is 6.58 Å². The van der Waals surface area contributed by atoms with Crippen LogP contribution in [-0.2, 0) is 13.0 Å². The van der Waals surface area contributed by atoms with Crippen LogP contribution in [0.15, 0.2) is 104 Å². The molecule has 54 heavy (non-hydrogen) atoms. The molecule has 3 aromatic carbocycles. The molecular formula is C51H89N3. The minimum atomic E-state index is 0.354. The summed E-state index contributed by atoms with van der Waals surface area (Å²) in [6.45, 7) is 48.8. The fourth-order valence-corrected chi connectivity index (χ4v) is 5.39. The second kappa shape index (κ2) is 40.8. The van der Waals surface area contributed by atoms with Gasteiger partial charge in [0.25, 0.3) is 0 Å². The van der Waals surface area contributed by atoms with E-state index in [1.54, 1.807) is 0 Å². The second-order valence-corrected chi connectivity index (χ2v) is 12.9. The Bertz CT molecular complexity index is 1220. The van der Waals surface area contributed by atoms with Crippen molar-refractivity contribution >= 4 is 6.08 Å². The summed E-state index contributed by atoms with van der Waals surface area (Å²) in [6.07, 6.45) is 8.47. The Balaban J connectivity index is -0.000000442. The van der Waals surface area contributed by atoms with Gasteiger partial charge in [0.15, 0.2) is 0 Å². The van der Waals surface area contributed by atoms with Gasteiger partial charge in [-0.2, -0.15) is 0 Å². The van der Waals surface area contributed by atoms with E-state index in [-0.39, 0.29) is 0 Å². The molecule has 0 fully saturated rings. The van der Waals surface area contributed by atoms with E-state index >= 15 is 0 Å². The number of nitrogens with one attached hydrogen (secondary N) is 1. The van der Waals surface area contributed by atoms with Gasteiger partial charge in [-0.25, -0.2) is 0 Å². The molecule has 3 heteroatoms. The highest BCUT2D eigenvalue weighted by Crippen LogP contribution is 2.24. The number of hydrogen-bond donors (Lipinski definition) is 1. The molecule has 0 saturated heterocycles. The quantitative estimate of drug-likeness (QED) is 0.116. The van der Waals surface area contributed by atoms with Gasteiger partial charge in [-0.3, -0.25) is 0 Å². The average molecular weight is 744 g/mol. The van der Waals surface area contributed by atoms with Crippen molar-refractivity contribution in [2.75, 3.05) is 33.2 Å². The van der Waals surface area contributed by atoms with Gasteiger partial charge < -0.3 is 15.1 Å². The number of allylic oxidation sites excluding steroid dienone is 1. The van der Waals surface area contributed by atoms with Crippen LogP contribution in [0.5, 0.6) is 0 Å². The Hall–Kier alpha value is -3.40. The summed E-state index contributed by atoms with van der Waals surface area (Å²) in [7, 11) is 2.22. The van der Waals surface area contributed by atoms with Gasteiger partial charge in [0.1, 0.15) is 0 Å². The predicted molar refractivity (Wildman–Crippen MR) is 252 cm³/mol. The molecule has 0 spiro atoms. The van der Waals surface area contributed by atoms with Crippen LogP contribution in [-0.4, -0.2) is 49.1 Å². The third kappa shape index (κ3) is 28.1. The number of aryl methyl sites for hydroxylation is 3. The van der Waals surface area contributed by atoms with Crippen molar-refractivity contribution in [3.05, 3.63) is 138 Å². The Labute approximate surface area is 339 Å². The van der Waals surface area contributed by atoms with E-state index in [4.69, 9.17) is 0 Å². The molecule has 308 valence electrons. The summed E-state index contributed by atoms with van der Waals surface area (Å²) >= 11 is 0. The van der Waals surface area contributed by atoms with Crippen LogP contribution in [0.25, 0.3) is 6.08 Å². The molecule has 3 rings (SSSR count). The highest BCUT2D eigenvalue weighted by molar-refractivity contribution is 5.56. The average Bonchev–Trinajstić information content (AvgIpc) is 3.20. The van der Waals surface area contributed by atoms with Crippen LogP contribution in [0, 0.1) is 26.7 Å². The van der Waals surface area contributed by atoms with Gasteiger partial charge in [0.2, 0.25) is 0 Å². The smallest absolute Gasteiger partial charge is 0.0446 e. The van der Waals surface area contributed by atoms with Crippen LogP contribution in [0.1, 0.15) is 136 Å². The van der Waals surface area contributed by atoms with Crippen molar-refractivity contribution in [3.8, 4) is 0 Å². The van der Waals surface area contributed by atoms with Crippen molar-refractivity contribution < 1.29 is 0 Å². The molecule has 0 radical (unpaired) electrons. The van der Waals surface area contributed by atoms with Crippen LogP contribution in [0.2, 0.25) is 0 Å². The maximum absolute atomic E-state index is 4.38. The standard InChI is InChI=1S/C29H40N2.C8H10.C5H13N.C3H8.3C2H6/c1-8-19-31(25(6)9-2)29(24(5)20-26-16-12-11-13-17-26)22-30(7)21-27-18-14-15-23(4)28(27)10-3;1-7-3-5-8(2)6-4-7;1-3-5-6-4-2;1-3-2;3*1-2/h8,10-18,24,29H,1,3,6,9,19-22H2,2,4-5,7H3;3-6H,1-2H3;6H,3-5H2,1-2H3;3H2,1-2H3;3*1-2H3. The molecule has 0 saturated carbocycles. The van der Waals surface area contributed by atoms with E-state index in [1.807, 2.05) is 53.7 Å². The maximum Gasteiger partial charge on any atom is 0.0446 e. The van der Waals surface area contributed by atoms with Crippen LogP contribution < -0.4 is 5.32 Å². The molecule has 0 aliphatic heterocycles. The lowest BCUT2D eigenvalue weighted by molar-refractivity contribution is 0.146. The van der Waals surface area contributed by atoms with Gasteiger partial charge >= 0.3 is 0 Å². The molecule has 0 amide bonds. The lowest BCUT2D eigenvalue weighted by Gasteiger charge is -2.40. The Morgan fingerprint density at radius 1 is 0.759 bits per heavy atom. The molecule has 0 aliphatic rings. The fraction of sp³-hybridized carbons (Fsp3) is 0.529. The SMILES string of the molecule is C=CCN(C(=C)CC)C(CN(C)Cc1cccc(C)c1C=C)C(C)Cc1ccccc1.CC.CC.CC.CCC.CCCNCC.Cc1ccc(C)cc1. The summed E-state index contributed by atoms with van der Waals surface area (Å²) in [5.41, 5.74) is 9.09. The number of likely N-dealkylation sites (N-methyl/N-ethyl adjacent to an activating group) is 1. The lowest BCUT2D eigenvalue weighted by Crippen LogP contribution is -2.46. The van der Waals surface area contributed by atoms with E-state index < -0.39 is 0 Å². The molecule has 2 unspecified atom stereocenters. The highest BCUT2D eigenvalue weighted by atomic mass is 15.2. The van der Waals surface area contributed by atoms with Crippen molar-refractivity contribution in [2.45, 2.75) is 142 Å². The predicted octanol–water partition coefficient (Wildman–Crippen LogP) is 14.5. The van der Waals surface area contributed by atoms with E-state index in [9.17, 15) is 0 Å². The molecule has 0 heterocycles. The van der Waals surface area contributed by atoms with Gasteiger partial charge in [0, 0.05) is 31.4 Å². The summed E-state index contributed by atoms with van der Waals surface area (Å²) in [6, 6.07) is 26.2. The normalized spacial score (nSPS) is 10.5. The third-order valence-electron chi connectivity index (χ3n) is 8.05. The first kappa shape index (κ1) is 57.3. The molecule has 2 atom stereocenters. The van der Waals surface area contributed by atoms with Gasteiger partial charge in [-0.1, -0.05) is 199 Å². The molecule has 3 aromatic rings. The number of nitrogens with zero attached hydrogens (tertiary/aromatic N) is 2. The minimum Gasteiger partial charge on any atom is -0.367 e. The van der Waals surface area contributed by atoms with Crippen molar-refractivity contribution in [2.24, 2.45) is 5.92 Å². The zero-order chi connectivity index (χ0) is 42.3. The molecule has 0 bridgehead atoms. The lowest BCUT2D eigenvalue weighted by atomic mass is 9.91. The highest BCUT2D eigenvalue weighted by Gasteiger charge is 2.26. The third-order valence-corrected chi connectivity index (χ3v) is 8.05. The van der Waals surface area contributed by atoms with E-state index in [2.05, 4.69) is 177 Å². The van der Waals surface area contributed by atoms with Crippen molar-refractivity contribution in [1.29, 1.82) is 0 Å². The minimum absolute atomic E-state index is 0.354. The summed E-state index contributed by atoms with van der Waals surface area (Å²) in [5.74, 6) is 0.476. The summed E-state index contributed by atoms with van der Waals surface area (Å²) in [5, 5.41) is 3.20. The topological polar surface area (TPSA) is 18.5 Å². The number of hydrogen-bond acceptors (Lipinski definition) is 3. The number of benzene rings is 3. The summed E-state index contributed by atoms with van der Waals surface area (Å²) < 4.78 is 0. The second-order valence-electron chi connectivity index (χ2n) is 12.9. The van der Waals surface area contributed by atoms with Gasteiger partial charge in [0.05, 0.1) is 0 Å². The number of rotatable bonds is 16. The largest absolute Gasteiger partial charge is 0.367 e. The van der Waals surface area contributed by atoms with E-state index in [0.29, 0.717) is 12.0 Å². The molecule has 1 N–H and O–H groups in total. The van der Waals surface area contributed by atoms with Crippen molar-refractivity contribution in [3.63, 3.8) is 0 Å². The summed E-state index contributed by atoms with van der Waals surface area (Å²) in [4.78, 5) is 4.90. The molecule has 3 nitrogen and oxygen atoms in total. The van der Waals surface area contributed by atoms with Crippen LogP contribution in [0.3, 0.4) is 0 Å².